The van der Waals surface area contributed by atoms with Crippen LogP contribution in [0.5, 0.6) is 5.75 Å². The second kappa shape index (κ2) is 6.25. The molecule has 1 aliphatic rings. The van der Waals surface area contributed by atoms with Crippen molar-refractivity contribution in [1.82, 2.24) is 4.90 Å². The number of nitrogens with zero attached hydrogens (tertiary/aromatic N) is 1. The maximum absolute atomic E-state index is 10.9. The number of carbonyl (C=O) groups excluding carboxylic acids is 1. The summed E-state index contributed by atoms with van der Waals surface area (Å²) in [5.41, 5.74) is 1.81. The molecule has 1 aromatic rings. The molecule has 1 aliphatic heterocycles. The van der Waals surface area contributed by atoms with Gasteiger partial charge in [-0.05, 0) is 25.1 Å². The molecule has 0 saturated carbocycles. The van der Waals surface area contributed by atoms with E-state index in [0.29, 0.717) is 11.6 Å². The summed E-state index contributed by atoms with van der Waals surface area (Å²) in [6, 6.07) is 6.18. The third kappa shape index (κ3) is 3.06. The summed E-state index contributed by atoms with van der Waals surface area (Å²) in [4.78, 5) is 13.3. The minimum atomic E-state index is 0.577. The molecule has 0 bridgehead atoms. The van der Waals surface area contributed by atoms with E-state index in [1.165, 1.54) is 11.5 Å². The molecule has 0 amide bonds. The average Bonchev–Trinajstić information content (AvgIpc) is 2.41. The summed E-state index contributed by atoms with van der Waals surface area (Å²) in [7, 11) is 1.68. The number of hydrogen-bond donors (Lipinski definition) is 0. The van der Waals surface area contributed by atoms with Crippen molar-refractivity contribution < 1.29 is 9.53 Å². The van der Waals surface area contributed by atoms with Gasteiger partial charge in [0.25, 0.3) is 0 Å². The molecule has 1 saturated heterocycles. The molecule has 98 valence electrons. The van der Waals surface area contributed by atoms with Crippen LogP contribution in [0, 0.1) is 0 Å². The van der Waals surface area contributed by atoms with Crippen LogP contribution in [0.2, 0.25) is 0 Å². The van der Waals surface area contributed by atoms with Gasteiger partial charge >= 0.3 is 0 Å². The predicted molar refractivity (Wildman–Crippen MR) is 75.6 cm³/mol. The number of benzene rings is 1. The first-order valence-electron chi connectivity index (χ1n) is 6.18. The van der Waals surface area contributed by atoms with E-state index in [-0.39, 0.29) is 0 Å². The monoisotopic (exact) mass is 265 g/mol. The Morgan fingerprint density at radius 2 is 2.39 bits per heavy atom. The van der Waals surface area contributed by atoms with Crippen molar-refractivity contribution in [2.75, 3.05) is 25.2 Å². The number of hydrogen-bond acceptors (Lipinski definition) is 4. The fraction of sp³-hybridized carbons (Fsp3) is 0.500. The number of carbonyl (C=O) groups is 1. The van der Waals surface area contributed by atoms with Gasteiger partial charge in [-0.2, -0.15) is 11.8 Å². The number of aldehydes is 1. The summed E-state index contributed by atoms with van der Waals surface area (Å²) in [6.45, 7) is 4.20. The van der Waals surface area contributed by atoms with Crippen LogP contribution in [0.1, 0.15) is 22.8 Å². The molecular weight excluding hydrogens is 246 g/mol. The van der Waals surface area contributed by atoms with E-state index in [1.54, 1.807) is 13.2 Å². The predicted octanol–water partition coefficient (Wildman–Crippen LogP) is 2.45. The molecule has 3 nitrogen and oxygen atoms in total. The Hall–Kier alpha value is -1.00. The van der Waals surface area contributed by atoms with Crippen molar-refractivity contribution in [2.45, 2.75) is 19.5 Å². The van der Waals surface area contributed by atoms with Gasteiger partial charge < -0.3 is 4.74 Å². The number of methoxy groups -OCH3 is 1. The van der Waals surface area contributed by atoms with Crippen molar-refractivity contribution in [3.05, 3.63) is 29.3 Å². The lowest BCUT2D eigenvalue weighted by molar-refractivity contribution is 0.112. The Morgan fingerprint density at radius 1 is 1.56 bits per heavy atom. The van der Waals surface area contributed by atoms with E-state index in [2.05, 4.69) is 11.8 Å². The Morgan fingerprint density at radius 3 is 3.06 bits per heavy atom. The Labute approximate surface area is 113 Å². The SMILES string of the molecule is COc1ccc(C=O)cc1CN1CCSCC1C. The molecule has 1 aromatic carbocycles. The van der Waals surface area contributed by atoms with Crippen LogP contribution in [0.3, 0.4) is 0 Å². The van der Waals surface area contributed by atoms with E-state index < -0.39 is 0 Å². The highest BCUT2D eigenvalue weighted by atomic mass is 32.2. The van der Waals surface area contributed by atoms with Crippen molar-refractivity contribution in [3.63, 3.8) is 0 Å². The quantitative estimate of drug-likeness (QED) is 0.782. The highest BCUT2D eigenvalue weighted by Crippen LogP contribution is 2.24. The van der Waals surface area contributed by atoms with Gasteiger partial charge in [0.2, 0.25) is 0 Å². The molecule has 0 aliphatic carbocycles. The van der Waals surface area contributed by atoms with Crippen LogP contribution in [0.4, 0.5) is 0 Å². The largest absolute Gasteiger partial charge is 0.496 e. The maximum atomic E-state index is 10.9. The molecule has 1 atom stereocenters. The molecule has 0 aromatic heterocycles. The summed E-state index contributed by atoms with van der Waals surface area (Å²) < 4.78 is 5.37. The van der Waals surface area contributed by atoms with Crippen molar-refractivity contribution >= 4 is 18.0 Å². The van der Waals surface area contributed by atoms with Crippen LogP contribution >= 0.6 is 11.8 Å². The van der Waals surface area contributed by atoms with Crippen LogP contribution < -0.4 is 4.74 Å². The van der Waals surface area contributed by atoms with Gasteiger partial charge in [0.1, 0.15) is 12.0 Å². The Balaban J connectivity index is 2.17. The lowest BCUT2D eigenvalue weighted by Gasteiger charge is -2.33. The van der Waals surface area contributed by atoms with Crippen molar-refractivity contribution in [2.24, 2.45) is 0 Å². The minimum Gasteiger partial charge on any atom is -0.496 e. The van der Waals surface area contributed by atoms with E-state index in [9.17, 15) is 4.79 Å². The Bertz CT molecular complexity index is 422. The van der Waals surface area contributed by atoms with Gasteiger partial charge in [-0.25, -0.2) is 0 Å². The van der Waals surface area contributed by atoms with Gasteiger partial charge in [-0.3, -0.25) is 9.69 Å². The fourth-order valence-electron chi connectivity index (χ4n) is 2.21. The van der Waals surface area contributed by atoms with Crippen LogP contribution in [-0.4, -0.2) is 42.4 Å². The van der Waals surface area contributed by atoms with Gasteiger partial charge in [0, 0.05) is 41.8 Å². The third-order valence-corrected chi connectivity index (χ3v) is 4.51. The standard InChI is InChI=1S/C14H19NO2S/c1-11-10-18-6-5-15(11)8-13-7-12(9-16)3-4-14(13)17-2/h3-4,7,9,11H,5-6,8,10H2,1-2H3. The average molecular weight is 265 g/mol. The van der Waals surface area contributed by atoms with Gasteiger partial charge in [-0.1, -0.05) is 0 Å². The zero-order valence-electron chi connectivity index (χ0n) is 10.9. The molecule has 1 unspecified atom stereocenters. The topological polar surface area (TPSA) is 29.5 Å². The first-order valence-corrected chi connectivity index (χ1v) is 7.34. The summed E-state index contributed by atoms with van der Waals surface area (Å²) in [6.07, 6.45) is 0.887. The molecule has 1 fully saturated rings. The zero-order valence-corrected chi connectivity index (χ0v) is 11.7. The van der Waals surface area contributed by atoms with E-state index in [1.807, 2.05) is 23.9 Å². The van der Waals surface area contributed by atoms with Crippen molar-refractivity contribution in [3.8, 4) is 5.75 Å². The first kappa shape index (κ1) is 13.4. The van der Waals surface area contributed by atoms with Gasteiger partial charge in [0.15, 0.2) is 0 Å². The second-order valence-electron chi connectivity index (χ2n) is 4.58. The smallest absolute Gasteiger partial charge is 0.150 e. The minimum absolute atomic E-state index is 0.577. The van der Waals surface area contributed by atoms with E-state index in [4.69, 9.17) is 4.74 Å². The Kier molecular flexibility index (Phi) is 4.66. The fourth-order valence-corrected chi connectivity index (χ4v) is 3.29. The number of thioether (sulfide) groups is 1. The maximum Gasteiger partial charge on any atom is 0.150 e. The molecule has 0 N–H and O–H groups in total. The zero-order chi connectivity index (χ0) is 13.0. The molecule has 18 heavy (non-hydrogen) atoms. The molecule has 4 heteroatoms. The van der Waals surface area contributed by atoms with E-state index in [0.717, 1.165) is 30.7 Å². The highest BCUT2D eigenvalue weighted by Gasteiger charge is 2.20. The van der Waals surface area contributed by atoms with Gasteiger partial charge in [-0.15, -0.1) is 0 Å². The molecule has 1 heterocycles. The van der Waals surface area contributed by atoms with Gasteiger partial charge in [0.05, 0.1) is 7.11 Å². The molecule has 2 rings (SSSR count). The highest BCUT2D eigenvalue weighted by molar-refractivity contribution is 7.99. The second-order valence-corrected chi connectivity index (χ2v) is 5.73. The number of rotatable bonds is 4. The van der Waals surface area contributed by atoms with Crippen LogP contribution in [0.25, 0.3) is 0 Å². The third-order valence-electron chi connectivity index (χ3n) is 3.32. The van der Waals surface area contributed by atoms with E-state index >= 15 is 0 Å². The number of ether oxygens (including phenoxy) is 1. The molecule has 0 spiro atoms. The van der Waals surface area contributed by atoms with Crippen LogP contribution in [-0.2, 0) is 6.54 Å². The van der Waals surface area contributed by atoms with Crippen molar-refractivity contribution in [1.29, 1.82) is 0 Å². The van der Waals surface area contributed by atoms with Crippen LogP contribution in [0.15, 0.2) is 18.2 Å². The lowest BCUT2D eigenvalue weighted by Crippen LogP contribution is -2.39. The summed E-state index contributed by atoms with van der Waals surface area (Å²) in [5.74, 6) is 3.22. The summed E-state index contributed by atoms with van der Waals surface area (Å²) in [5, 5.41) is 0. The lowest BCUT2D eigenvalue weighted by atomic mass is 10.1. The summed E-state index contributed by atoms with van der Waals surface area (Å²) >= 11 is 2.01. The first-order chi connectivity index (χ1) is 8.74. The normalized spacial score (nSPS) is 20.7. The molecular formula is C14H19NO2S. The molecule has 0 radical (unpaired) electrons.